The molecule has 0 saturated heterocycles. The fourth-order valence-corrected chi connectivity index (χ4v) is 4.41. The second-order valence-electron chi connectivity index (χ2n) is 7.94. The number of thioether (sulfide) groups is 1. The smallest absolute Gasteiger partial charge is 0.283 e. The standard InChI is InChI=1S/C26H31N3O3S/c1-6-28(7-2)24(30)17-33-26-27-23(15-19-11-13-20(14-12-19)18(3)4)25(31)29(26)21-9-8-10-22(16-21)32-5/h8-16,18H,6-7,17H2,1-5H3/b23-15-. The van der Waals surface area contributed by atoms with Crippen molar-refractivity contribution in [2.45, 2.75) is 33.6 Å². The first-order valence-corrected chi connectivity index (χ1v) is 12.2. The maximum absolute atomic E-state index is 13.4. The van der Waals surface area contributed by atoms with Crippen LogP contribution in [0.1, 0.15) is 44.7 Å². The van der Waals surface area contributed by atoms with Gasteiger partial charge in [-0.15, -0.1) is 0 Å². The molecule has 6 nitrogen and oxygen atoms in total. The monoisotopic (exact) mass is 465 g/mol. The number of benzene rings is 2. The molecule has 0 N–H and O–H groups in total. The van der Waals surface area contributed by atoms with Crippen molar-refractivity contribution >= 4 is 40.5 Å². The lowest BCUT2D eigenvalue weighted by atomic mass is 10.0. The Morgan fingerprint density at radius 2 is 1.85 bits per heavy atom. The lowest BCUT2D eigenvalue weighted by Crippen LogP contribution is -2.34. The zero-order valence-corrected chi connectivity index (χ0v) is 20.7. The number of amidine groups is 1. The molecule has 2 aromatic rings. The van der Waals surface area contributed by atoms with Gasteiger partial charge < -0.3 is 9.64 Å². The molecule has 174 valence electrons. The number of anilines is 1. The minimum Gasteiger partial charge on any atom is -0.497 e. The largest absolute Gasteiger partial charge is 0.497 e. The van der Waals surface area contributed by atoms with Crippen LogP contribution in [0.4, 0.5) is 5.69 Å². The van der Waals surface area contributed by atoms with Crippen LogP contribution < -0.4 is 9.64 Å². The Bertz CT molecular complexity index is 1060. The van der Waals surface area contributed by atoms with E-state index in [1.807, 2.05) is 44.2 Å². The Kier molecular flexibility index (Phi) is 8.33. The predicted molar refractivity (Wildman–Crippen MR) is 137 cm³/mol. The summed E-state index contributed by atoms with van der Waals surface area (Å²) in [7, 11) is 1.59. The second kappa shape index (κ2) is 11.2. The van der Waals surface area contributed by atoms with Gasteiger partial charge in [0, 0.05) is 19.2 Å². The van der Waals surface area contributed by atoms with E-state index in [4.69, 9.17) is 4.74 Å². The van der Waals surface area contributed by atoms with Crippen molar-refractivity contribution in [2.24, 2.45) is 4.99 Å². The minimum atomic E-state index is -0.228. The number of aliphatic imine (C=N–C) groups is 1. The van der Waals surface area contributed by atoms with Crippen LogP contribution in [-0.4, -0.2) is 47.8 Å². The molecule has 0 radical (unpaired) electrons. The fourth-order valence-electron chi connectivity index (χ4n) is 3.50. The molecule has 0 aromatic heterocycles. The molecule has 2 aromatic carbocycles. The van der Waals surface area contributed by atoms with Gasteiger partial charge in [-0.2, -0.15) is 0 Å². The fraction of sp³-hybridized carbons (Fsp3) is 0.346. The summed E-state index contributed by atoms with van der Waals surface area (Å²) < 4.78 is 5.34. The topological polar surface area (TPSA) is 62.2 Å². The van der Waals surface area contributed by atoms with Gasteiger partial charge in [0.1, 0.15) is 11.4 Å². The van der Waals surface area contributed by atoms with E-state index in [0.717, 1.165) is 5.56 Å². The average Bonchev–Trinajstić information content (AvgIpc) is 3.13. The van der Waals surface area contributed by atoms with Gasteiger partial charge in [0.05, 0.1) is 18.6 Å². The summed E-state index contributed by atoms with van der Waals surface area (Å²) in [6, 6.07) is 15.4. The normalized spacial score (nSPS) is 14.7. The van der Waals surface area contributed by atoms with Gasteiger partial charge in [-0.25, -0.2) is 4.99 Å². The molecule has 1 aliphatic rings. The van der Waals surface area contributed by atoms with Gasteiger partial charge >= 0.3 is 0 Å². The Labute approximate surface area is 200 Å². The number of carbonyl (C=O) groups is 2. The Hall–Kier alpha value is -3.06. The van der Waals surface area contributed by atoms with Crippen molar-refractivity contribution in [3.05, 3.63) is 65.4 Å². The highest BCUT2D eigenvalue weighted by Crippen LogP contribution is 2.31. The number of amides is 2. The summed E-state index contributed by atoms with van der Waals surface area (Å²) in [6.45, 7) is 9.50. The van der Waals surface area contributed by atoms with Crippen LogP contribution in [0.15, 0.2) is 59.2 Å². The predicted octanol–water partition coefficient (Wildman–Crippen LogP) is 5.16. The van der Waals surface area contributed by atoms with E-state index < -0.39 is 0 Å². The number of nitrogens with zero attached hydrogens (tertiary/aromatic N) is 3. The molecule has 7 heteroatoms. The highest BCUT2D eigenvalue weighted by molar-refractivity contribution is 8.14. The van der Waals surface area contributed by atoms with Crippen LogP contribution >= 0.6 is 11.8 Å². The van der Waals surface area contributed by atoms with Crippen LogP contribution in [0.25, 0.3) is 6.08 Å². The van der Waals surface area contributed by atoms with Gasteiger partial charge in [0.25, 0.3) is 5.91 Å². The van der Waals surface area contributed by atoms with Crippen molar-refractivity contribution in [3.63, 3.8) is 0 Å². The number of methoxy groups -OCH3 is 1. The number of rotatable bonds is 8. The highest BCUT2D eigenvalue weighted by Gasteiger charge is 2.33. The first-order valence-electron chi connectivity index (χ1n) is 11.2. The number of carbonyl (C=O) groups excluding carboxylic acids is 2. The van der Waals surface area contributed by atoms with Crippen molar-refractivity contribution in [1.29, 1.82) is 0 Å². The third-order valence-electron chi connectivity index (χ3n) is 5.49. The minimum absolute atomic E-state index is 0.0208. The molecule has 0 spiro atoms. The molecule has 0 bridgehead atoms. The zero-order valence-electron chi connectivity index (χ0n) is 19.9. The molecule has 33 heavy (non-hydrogen) atoms. The maximum Gasteiger partial charge on any atom is 0.283 e. The molecule has 0 atom stereocenters. The van der Waals surface area contributed by atoms with Crippen LogP contribution in [0.3, 0.4) is 0 Å². The lowest BCUT2D eigenvalue weighted by molar-refractivity contribution is -0.128. The van der Waals surface area contributed by atoms with E-state index >= 15 is 0 Å². The molecular weight excluding hydrogens is 434 g/mol. The molecule has 0 fully saturated rings. The van der Waals surface area contributed by atoms with Gasteiger partial charge in [0.15, 0.2) is 5.17 Å². The first-order chi connectivity index (χ1) is 15.9. The Balaban J connectivity index is 1.92. The van der Waals surface area contributed by atoms with Gasteiger partial charge in [-0.3, -0.25) is 14.5 Å². The van der Waals surface area contributed by atoms with Crippen LogP contribution in [0.5, 0.6) is 5.75 Å². The first kappa shape index (κ1) is 24.6. The number of hydrogen-bond acceptors (Lipinski definition) is 5. The van der Waals surface area contributed by atoms with E-state index in [0.29, 0.717) is 41.3 Å². The quantitative estimate of drug-likeness (QED) is 0.505. The van der Waals surface area contributed by atoms with Crippen LogP contribution in [0, 0.1) is 0 Å². The highest BCUT2D eigenvalue weighted by atomic mass is 32.2. The van der Waals surface area contributed by atoms with Gasteiger partial charge in [-0.1, -0.05) is 55.9 Å². The van der Waals surface area contributed by atoms with E-state index in [1.165, 1.54) is 17.3 Å². The van der Waals surface area contributed by atoms with E-state index in [1.54, 1.807) is 29.1 Å². The lowest BCUT2D eigenvalue weighted by Gasteiger charge is -2.21. The third kappa shape index (κ3) is 5.85. The van der Waals surface area contributed by atoms with E-state index in [2.05, 4.69) is 31.0 Å². The third-order valence-corrected chi connectivity index (χ3v) is 6.41. The van der Waals surface area contributed by atoms with Crippen LogP contribution in [-0.2, 0) is 9.59 Å². The summed E-state index contributed by atoms with van der Waals surface area (Å²) in [6.07, 6.45) is 1.79. The molecule has 1 aliphatic heterocycles. The van der Waals surface area contributed by atoms with E-state index in [9.17, 15) is 9.59 Å². The maximum atomic E-state index is 13.4. The van der Waals surface area contributed by atoms with Crippen LogP contribution in [0.2, 0.25) is 0 Å². The summed E-state index contributed by atoms with van der Waals surface area (Å²) in [5.74, 6) is 1.09. The molecule has 0 aliphatic carbocycles. The molecule has 2 amide bonds. The average molecular weight is 466 g/mol. The summed E-state index contributed by atoms with van der Waals surface area (Å²) in [4.78, 5) is 33.9. The van der Waals surface area contributed by atoms with Crippen molar-refractivity contribution in [3.8, 4) is 5.75 Å². The van der Waals surface area contributed by atoms with Crippen molar-refractivity contribution in [1.82, 2.24) is 4.90 Å². The molecule has 0 saturated carbocycles. The summed E-state index contributed by atoms with van der Waals surface area (Å²) in [5, 5.41) is 0.485. The zero-order chi connectivity index (χ0) is 24.0. The number of ether oxygens (including phenoxy) is 1. The summed E-state index contributed by atoms with van der Waals surface area (Å²) >= 11 is 1.27. The molecule has 0 unspecified atom stereocenters. The van der Waals surface area contributed by atoms with E-state index in [-0.39, 0.29) is 17.6 Å². The Morgan fingerprint density at radius 1 is 1.15 bits per heavy atom. The number of hydrogen-bond donors (Lipinski definition) is 0. The molecule has 1 heterocycles. The second-order valence-corrected chi connectivity index (χ2v) is 8.88. The van der Waals surface area contributed by atoms with Crippen molar-refractivity contribution < 1.29 is 14.3 Å². The van der Waals surface area contributed by atoms with Gasteiger partial charge in [0.2, 0.25) is 5.91 Å². The SMILES string of the molecule is CCN(CC)C(=O)CSC1=N/C(=C\c2ccc(C(C)C)cc2)C(=O)N1c1cccc(OC)c1. The molecule has 3 rings (SSSR count). The van der Waals surface area contributed by atoms with Crippen molar-refractivity contribution in [2.75, 3.05) is 30.9 Å². The van der Waals surface area contributed by atoms with Gasteiger partial charge in [-0.05, 0) is 49.1 Å². The molecular formula is C26H31N3O3S. The summed E-state index contributed by atoms with van der Waals surface area (Å²) in [5.41, 5.74) is 3.14. The Morgan fingerprint density at radius 3 is 2.45 bits per heavy atom.